The monoisotopic (exact) mass is 215 g/mol. The van der Waals surface area contributed by atoms with Gasteiger partial charge in [0.2, 0.25) is 5.91 Å². The van der Waals surface area contributed by atoms with Gasteiger partial charge in [0.25, 0.3) is 0 Å². The first-order valence-corrected chi connectivity index (χ1v) is 5.72. The van der Waals surface area contributed by atoms with E-state index < -0.39 is 0 Å². The van der Waals surface area contributed by atoms with Crippen molar-refractivity contribution in [3.05, 3.63) is 0 Å². The van der Waals surface area contributed by atoms with Gasteiger partial charge in [-0.1, -0.05) is 11.8 Å². The summed E-state index contributed by atoms with van der Waals surface area (Å²) in [4.78, 5) is 17.0. The average Bonchev–Trinajstić information content (AvgIpc) is 2.14. The van der Waals surface area contributed by atoms with Gasteiger partial charge in [-0.2, -0.15) is 0 Å². The third kappa shape index (κ3) is 3.57. The van der Waals surface area contributed by atoms with Gasteiger partial charge in [0, 0.05) is 25.9 Å². The molecule has 1 aliphatic rings. The highest BCUT2D eigenvalue weighted by atomic mass is 32.2. The van der Waals surface area contributed by atoms with Gasteiger partial charge in [0.1, 0.15) is 6.54 Å². The van der Waals surface area contributed by atoms with Crippen LogP contribution in [-0.4, -0.2) is 48.4 Å². The lowest BCUT2D eigenvalue weighted by molar-refractivity contribution is -0.127. The molecule has 0 radical (unpaired) electrons. The number of likely N-dealkylation sites (N-methyl/N-ethyl adjacent to an activating group) is 1. The highest BCUT2D eigenvalue weighted by Crippen LogP contribution is 2.13. The van der Waals surface area contributed by atoms with Gasteiger partial charge >= 0.3 is 0 Å². The predicted molar refractivity (Wildman–Crippen MR) is 60.7 cm³/mol. The molecular formula is C9H17N3OS. The molecule has 0 bridgehead atoms. The van der Waals surface area contributed by atoms with Crippen LogP contribution in [0.5, 0.6) is 0 Å². The Morgan fingerprint density at radius 2 is 2.43 bits per heavy atom. The summed E-state index contributed by atoms with van der Waals surface area (Å²) in [5.41, 5.74) is 0. The van der Waals surface area contributed by atoms with Gasteiger partial charge < -0.3 is 10.2 Å². The Kier molecular flexibility index (Phi) is 4.25. The summed E-state index contributed by atoms with van der Waals surface area (Å²) in [5.74, 6) is 1.13. The molecule has 1 rings (SSSR count). The van der Waals surface area contributed by atoms with Gasteiger partial charge in [-0.3, -0.25) is 9.79 Å². The number of carbonyl (C=O) groups is 1. The molecule has 5 heteroatoms. The van der Waals surface area contributed by atoms with Crippen molar-refractivity contribution in [2.75, 3.05) is 26.4 Å². The van der Waals surface area contributed by atoms with Crippen LogP contribution in [0.4, 0.5) is 0 Å². The second-order valence-corrected chi connectivity index (χ2v) is 4.68. The fourth-order valence-corrected chi connectivity index (χ4v) is 2.13. The number of nitrogens with one attached hydrogen (secondary N) is 1. The lowest BCUT2D eigenvalue weighted by atomic mass is 10.3. The Morgan fingerprint density at radius 1 is 1.71 bits per heavy atom. The van der Waals surface area contributed by atoms with E-state index >= 15 is 0 Å². The standard InChI is InChI=1S/C9H17N3OS/c1-7-4-5-14-9(11-7)10-6-8(13)12(2)3/h7H,4-6H2,1-3H3,(H,10,11). The van der Waals surface area contributed by atoms with Gasteiger partial charge in [-0.05, 0) is 13.3 Å². The molecule has 1 saturated heterocycles. The number of amidine groups is 1. The molecule has 1 fully saturated rings. The van der Waals surface area contributed by atoms with E-state index in [-0.39, 0.29) is 12.5 Å². The molecule has 1 amide bonds. The first-order valence-electron chi connectivity index (χ1n) is 4.73. The Morgan fingerprint density at radius 3 is 3.00 bits per heavy atom. The van der Waals surface area contributed by atoms with E-state index in [2.05, 4.69) is 17.2 Å². The Balaban J connectivity index is 2.40. The van der Waals surface area contributed by atoms with E-state index in [0.29, 0.717) is 6.04 Å². The smallest absolute Gasteiger partial charge is 0.243 e. The molecule has 0 aromatic carbocycles. The van der Waals surface area contributed by atoms with Crippen LogP contribution in [0, 0.1) is 0 Å². The molecule has 14 heavy (non-hydrogen) atoms. The third-order valence-electron chi connectivity index (χ3n) is 2.02. The SMILES string of the molecule is CC1CCSC(=NCC(=O)N(C)C)N1. The summed E-state index contributed by atoms with van der Waals surface area (Å²) < 4.78 is 0. The predicted octanol–water partition coefficient (Wildman–Crippen LogP) is 0.546. The summed E-state index contributed by atoms with van der Waals surface area (Å²) in [7, 11) is 3.49. The fourth-order valence-electron chi connectivity index (χ4n) is 1.03. The maximum absolute atomic E-state index is 11.2. The van der Waals surface area contributed by atoms with Crippen LogP contribution in [0.15, 0.2) is 4.99 Å². The molecule has 0 aliphatic carbocycles. The Labute approximate surface area is 89.1 Å². The van der Waals surface area contributed by atoms with E-state index in [1.807, 2.05) is 0 Å². The van der Waals surface area contributed by atoms with Gasteiger partial charge in [-0.15, -0.1) is 0 Å². The van der Waals surface area contributed by atoms with Crippen LogP contribution in [-0.2, 0) is 4.79 Å². The number of hydrogen-bond acceptors (Lipinski definition) is 3. The van der Waals surface area contributed by atoms with E-state index in [1.165, 1.54) is 0 Å². The first-order chi connectivity index (χ1) is 6.59. The summed E-state index contributed by atoms with van der Waals surface area (Å²) in [6.07, 6.45) is 1.16. The first kappa shape index (κ1) is 11.4. The van der Waals surface area contributed by atoms with Gasteiger partial charge in [0.05, 0.1) is 0 Å². The minimum atomic E-state index is 0.0399. The van der Waals surface area contributed by atoms with E-state index in [0.717, 1.165) is 17.3 Å². The van der Waals surface area contributed by atoms with Crippen molar-refractivity contribution < 1.29 is 4.79 Å². The molecule has 0 aromatic heterocycles. The molecule has 1 heterocycles. The van der Waals surface area contributed by atoms with Crippen molar-refractivity contribution in [2.45, 2.75) is 19.4 Å². The number of carbonyl (C=O) groups excluding carboxylic acids is 1. The van der Waals surface area contributed by atoms with E-state index in [4.69, 9.17) is 0 Å². The molecule has 80 valence electrons. The highest BCUT2D eigenvalue weighted by Gasteiger charge is 2.13. The van der Waals surface area contributed by atoms with Gasteiger partial charge in [0.15, 0.2) is 5.17 Å². The van der Waals surface area contributed by atoms with E-state index in [9.17, 15) is 4.79 Å². The van der Waals surface area contributed by atoms with Crippen LogP contribution in [0.2, 0.25) is 0 Å². The average molecular weight is 215 g/mol. The summed E-state index contributed by atoms with van der Waals surface area (Å²) >= 11 is 1.69. The molecule has 1 aliphatic heterocycles. The maximum atomic E-state index is 11.2. The second kappa shape index (κ2) is 5.24. The number of hydrogen-bond donors (Lipinski definition) is 1. The fraction of sp³-hybridized carbons (Fsp3) is 0.778. The maximum Gasteiger partial charge on any atom is 0.243 e. The van der Waals surface area contributed by atoms with Crippen molar-refractivity contribution >= 4 is 22.8 Å². The summed E-state index contributed by atoms with van der Waals surface area (Å²) in [5, 5.41) is 4.15. The van der Waals surface area contributed by atoms with Crippen molar-refractivity contribution in [3.8, 4) is 0 Å². The van der Waals surface area contributed by atoms with Gasteiger partial charge in [-0.25, -0.2) is 0 Å². The second-order valence-electron chi connectivity index (χ2n) is 3.59. The van der Waals surface area contributed by atoms with Crippen molar-refractivity contribution in [2.24, 2.45) is 4.99 Å². The minimum Gasteiger partial charge on any atom is -0.362 e. The molecular weight excluding hydrogens is 198 g/mol. The van der Waals surface area contributed by atoms with Crippen molar-refractivity contribution in [1.82, 2.24) is 10.2 Å². The van der Waals surface area contributed by atoms with Crippen LogP contribution in [0.25, 0.3) is 0 Å². The Hall–Kier alpha value is -0.710. The largest absolute Gasteiger partial charge is 0.362 e. The van der Waals surface area contributed by atoms with Crippen molar-refractivity contribution in [1.29, 1.82) is 0 Å². The molecule has 1 atom stereocenters. The minimum absolute atomic E-state index is 0.0399. The Bertz CT molecular complexity index is 240. The van der Waals surface area contributed by atoms with Crippen LogP contribution in [0.3, 0.4) is 0 Å². The molecule has 0 aromatic rings. The van der Waals surface area contributed by atoms with E-state index in [1.54, 1.807) is 30.8 Å². The zero-order valence-electron chi connectivity index (χ0n) is 8.91. The number of thioether (sulfide) groups is 1. The highest BCUT2D eigenvalue weighted by molar-refractivity contribution is 8.13. The molecule has 1 N–H and O–H groups in total. The number of nitrogens with zero attached hydrogens (tertiary/aromatic N) is 2. The lowest BCUT2D eigenvalue weighted by Gasteiger charge is -2.21. The third-order valence-corrected chi connectivity index (χ3v) is 2.98. The quantitative estimate of drug-likeness (QED) is 0.731. The van der Waals surface area contributed by atoms with Crippen LogP contribution in [0.1, 0.15) is 13.3 Å². The number of amides is 1. The normalized spacial score (nSPS) is 24.5. The number of aliphatic imine (C=N–C) groups is 1. The molecule has 0 saturated carbocycles. The number of rotatable bonds is 2. The molecule has 1 unspecified atom stereocenters. The molecule has 0 spiro atoms. The van der Waals surface area contributed by atoms with Crippen molar-refractivity contribution in [3.63, 3.8) is 0 Å². The van der Waals surface area contributed by atoms with Crippen LogP contribution >= 0.6 is 11.8 Å². The zero-order chi connectivity index (χ0) is 10.6. The zero-order valence-corrected chi connectivity index (χ0v) is 9.73. The summed E-state index contributed by atoms with van der Waals surface area (Å²) in [6, 6.07) is 0.476. The van der Waals surface area contributed by atoms with Crippen LogP contribution < -0.4 is 5.32 Å². The topological polar surface area (TPSA) is 44.7 Å². The lowest BCUT2D eigenvalue weighted by Crippen LogP contribution is -2.36. The molecule has 4 nitrogen and oxygen atoms in total. The summed E-state index contributed by atoms with van der Waals surface area (Å²) in [6.45, 7) is 2.37.